The largest absolute Gasteiger partial charge is 0.507 e. The molecular weight excluding hydrogens is 248 g/mol. The maximum Gasteiger partial charge on any atom is 0.189 e. The van der Waals surface area contributed by atoms with Crippen LogP contribution in [0.2, 0.25) is 0 Å². The molecule has 0 unspecified atom stereocenters. The zero-order valence-electron chi connectivity index (χ0n) is 11.3. The molecule has 0 aliphatic heterocycles. The van der Waals surface area contributed by atoms with Crippen molar-refractivity contribution in [3.8, 4) is 5.75 Å². The van der Waals surface area contributed by atoms with Crippen molar-refractivity contribution in [3.05, 3.63) is 77.4 Å². The molecule has 0 bridgehead atoms. The number of ketones is 1. The van der Waals surface area contributed by atoms with Gasteiger partial charge in [-0.05, 0) is 42.3 Å². The maximum absolute atomic E-state index is 12.0. The summed E-state index contributed by atoms with van der Waals surface area (Å²) in [6, 6.07) is 14.4. The lowest BCUT2D eigenvalue weighted by Gasteiger charge is -1.99. The summed E-state index contributed by atoms with van der Waals surface area (Å²) in [5, 5.41) is 9.63. The quantitative estimate of drug-likeness (QED) is 0.659. The highest BCUT2D eigenvalue weighted by Crippen LogP contribution is 2.17. The van der Waals surface area contributed by atoms with Crippen molar-refractivity contribution < 1.29 is 9.90 Å². The normalized spacial score (nSPS) is 11.2. The summed E-state index contributed by atoms with van der Waals surface area (Å²) in [5.74, 6) is -0.204. The molecule has 0 saturated carbocycles. The van der Waals surface area contributed by atoms with Crippen molar-refractivity contribution in [3.63, 3.8) is 0 Å². The third kappa shape index (κ3) is 3.45. The summed E-state index contributed by atoms with van der Waals surface area (Å²) in [6.45, 7) is 1.96. The van der Waals surface area contributed by atoms with E-state index in [1.54, 1.807) is 24.3 Å². The van der Waals surface area contributed by atoms with E-state index < -0.39 is 0 Å². The number of hydrogen-bond donors (Lipinski definition) is 1. The predicted molar refractivity (Wildman–Crippen MR) is 82.6 cm³/mol. The SMILES string of the molecule is CC=Cc1cccc(C=CC(=O)c2ccccc2O)c1. The fourth-order valence-corrected chi connectivity index (χ4v) is 1.90. The van der Waals surface area contributed by atoms with Gasteiger partial charge >= 0.3 is 0 Å². The summed E-state index contributed by atoms with van der Waals surface area (Å²) >= 11 is 0. The second-order valence-corrected chi connectivity index (χ2v) is 4.38. The lowest BCUT2D eigenvalue weighted by atomic mass is 10.1. The van der Waals surface area contributed by atoms with Gasteiger partial charge in [0, 0.05) is 0 Å². The summed E-state index contributed by atoms with van der Waals surface area (Å²) in [6.07, 6.45) is 7.20. The number of carbonyl (C=O) groups excluding carboxylic acids is 1. The Kier molecular flexibility index (Phi) is 4.51. The number of carbonyl (C=O) groups is 1. The van der Waals surface area contributed by atoms with E-state index in [0.717, 1.165) is 11.1 Å². The van der Waals surface area contributed by atoms with Gasteiger partial charge in [0.15, 0.2) is 5.78 Å². The molecule has 1 N–H and O–H groups in total. The first-order valence-electron chi connectivity index (χ1n) is 6.44. The van der Waals surface area contributed by atoms with Crippen LogP contribution in [0.5, 0.6) is 5.75 Å². The van der Waals surface area contributed by atoms with Crippen LogP contribution in [-0.4, -0.2) is 10.9 Å². The van der Waals surface area contributed by atoms with Crippen LogP contribution < -0.4 is 0 Å². The van der Waals surface area contributed by atoms with Gasteiger partial charge in [0.1, 0.15) is 5.75 Å². The molecule has 0 amide bonds. The minimum atomic E-state index is -0.209. The minimum Gasteiger partial charge on any atom is -0.507 e. The van der Waals surface area contributed by atoms with E-state index in [1.165, 1.54) is 12.1 Å². The molecule has 20 heavy (non-hydrogen) atoms. The summed E-state index contributed by atoms with van der Waals surface area (Å²) < 4.78 is 0. The first-order valence-corrected chi connectivity index (χ1v) is 6.44. The van der Waals surface area contributed by atoms with E-state index in [-0.39, 0.29) is 11.5 Å². The fraction of sp³-hybridized carbons (Fsp3) is 0.0556. The fourth-order valence-electron chi connectivity index (χ4n) is 1.90. The molecule has 0 atom stereocenters. The molecular formula is C18H16O2. The first-order chi connectivity index (χ1) is 9.70. The van der Waals surface area contributed by atoms with Gasteiger partial charge in [-0.3, -0.25) is 4.79 Å². The van der Waals surface area contributed by atoms with Crippen molar-refractivity contribution in [1.29, 1.82) is 0 Å². The number of phenols is 1. The zero-order chi connectivity index (χ0) is 14.4. The maximum atomic E-state index is 12.0. The second kappa shape index (κ2) is 6.53. The molecule has 0 heterocycles. The van der Waals surface area contributed by atoms with Crippen LogP contribution in [0, 0.1) is 0 Å². The van der Waals surface area contributed by atoms with E-state index in [2.05, 4.69) is 0 Å². The molecule has 100 valence electrons. The average molecular weight is 264 g/mol. The molecule has 0 spiro atoms. The minimum absolute atomic E-state index is 0.00446. The molecule has 2 aromatic carbocycles. The Morgan fingerprint density at radius 1 is 1.00 bits per heavy atom. The van der Waals surface area contributed by atoms with Crippen molar-refractivity contribution >= 4 is 17.9 Å². The average Bonchev–Trinajstić information content (AvgIpc) is 2.46. The van der Waals surface area contributed by atoms with Crippen molar-refractivity contribution in [2.45, 2.75) is 6.92 Å². The lowest BCUT2D eigenvalue weighted by molar-refractivity contribution is 0.104. The van der Waals surface area contributed by atoms with E-state index >= 15 is 0 Å². The number of benzene rings is 2. The smallest absolute Gasteiger partial charge is 0.189 e. The van der Waals surface area contributed by atoms with Crippen molar-refractivity contribution in [2.75, 3.05) is 0 Å². The van der Waals surface area contributed by atoms with Gasteiger partial charge in [-0.25, -0.2) is 0 Å². The number of para-hydroxylation sites is 1. The van der Waals surface area contributed by atoms with Gasteiger partial charge in [-0.15, -0.1) is 0 Å². The molecule has 0 aromatic heterocycles. The van der Waals surface area contributed by atoms with Crippen LogP contribution in [0.25, 0.3) is 12.2 Å². The molecule has 2 nitrogen and oxygen atoms in total. The van der Waals surface area contributed by atoms with Gasteiger partial charge in [0.25, 0.3) is 0 Å². The molecule has 0 aliphatic rings. The van der Waals surface area contributed by atoms with E-state index in [9.17, 15) is 9.90 Å². The number of aromatic hydroxyl groups is 1. The highest BCUT2D eigenvalue weighted by molar-refractivity contribution is 6.08. The molecule has 0 aliphatic carbocycles. The number of rotatable bonds is 4. The van der Waals surface area contributed by atoms with Crippen LogP contribution in [0.4, 0.5) is 0 Å². The summed E-state index contributed by atoms with van der Waals surface area (Å²) in [5.41, 5.74) is 2.35. The van der Waals surface area contributed by atoms with Gasteiger partial charge in [-0.1, -0.05) is 48.6 Å². The van der Waals surface area contributed by atoms with Gasteiger partial charge in [0.2, 0.25) is 0 Å². The van der Waals surface area contributed by atoms with Gasteiger partial charge < -0.3 is 5.11 Å². The zero-order valence-corrected chi connectivity index (χ0v) is 11.3. The van der Waals surface area contributed by atoms with Crippen LogP contribution in [-0.2, 0) is 0 Å². The summed E-state index contributed by atoms with van der Waals surface area (Å²) in [4.78, 5) is 12.0. The molecule has 0 radical (unpaired) electrons. The lowest BCUT2D eigenvalue weighted by Crippen LogP contribution is -1.94. The molecule has 2 heteroatoms. The first kappa shape index (κ1) is 13.8. The predicted octanol–water partition coefficient (Wildman–Crippen LogP) is 4.32. The second-order valence-electron chi connectivity index (χ2n) is 4.38. The highest BCUT2D eigenvalue weighted by atomic mass is 16.3. The molecule has 0 fully saturated rings. The molecule has 2 aromatic rings. The molecule has 2 rings (SSSR count). The van der Waals surface area contributed by atoms with Crippen LogP contribution in [0.3, 0.4) is 0 Å². The monoisotopic (exact) mass is 264 g/mol. The highest BCUT2D eigenvalue weighted by Gasteiger charge is 2.06. The summed E-state index contributed by atoms with van der Waals surface area (Å²) in [7, 11) is 0. The standard InChI is InChI=1S/C18H16O2/c1-2-6-14-7-5-8-15(13-14)11-12-18(20)16-9-3-4-10-17(16)19/h2-13,19H,1H3. The third-order valence-corrected chi connectivity index (χ3v) is 2.87. The Hall–Kier alpha value is -2.61. The number of allylic oxidation sites excluding steroid dienone is 2. The Balaban J connectivity index is 2.19. The Labute approximate surface area is 118 Å². The van der Waals surface area contributed by atoms with E-state index in [1.807, 2.05) is 43.3 Å². The molecule has 0 saturated heterocycles. The number of phenolic OH excluding ortho intramolecular Hbond substituents is 1. The number of hydrogen-bond acceptors (Lipinski definition) is 2. The van der Waals surface area contributed by atoms with Gasteiger partial charge in [-0.2, -0.15) is 0 Å². The topological polar surface area (TPSA) is 37.3 Å². The van der Waals surface area contributed by atoms with Gasteiger partial charge in [0.05, 0.1) is 5.56 Å². The van der Waals surface area contributed by atoms with Crippen LogP contribution >= 0.6 is 0 Å². The van der Waals surface area contributed by atoms with Crippen LogP contribution in [0.15, 0.2) is 60.7 Å². The third-order valence-electron chi connectivity index (χ3n) is 2.87. The Bertz CT molecular complexity index is 667. The van der Waals surface area contributed by atoms with E-state index in [4.69, 9.17) is 0 Å². The Morgan fingerprint density at radius 2 is 1.70 bits per heavy atom. The van der Waals surface area contributed by atoms with E-state index in [0.29, 0.717) is 5.56 Å². The Morgan fingerprint density at radius 3 is 2.40 bits per heavy atom. The van der Waals surface area contributed by atoms with Crippen molar-refractivity contribution in [2.24, 2.45) is 0 Å². The van der Waals surface area contributed by atoms with Crippen molar-refractivity contribution in [1.82, 2.24) is 0 Å². The van der Waals surface area contributed by atoms with Crippen LogP contribution in [0.1, 0.15) is 28.4 Å².